The average Bonchev–Trinajstić information content (AvgIpc) is 2.58. The molecule has 2 N–H and O–H groups in total. The van der Waals surface area contributed by atoms with Gasteiger partial charge in [-0.3, -0.25) is 4.79 Å². The average molecular weight is 250 g/mol. The van der Waals surface area contributed by atoms with Crippen LogP contribution in [0.25, 0.3) is 10.9 Å². The van der Waals surface area contributed by atoms with E-state index in [4.69, 9.17) is 11.6 Å². The summed E-state index contributed by atoms with van der Waals surface area (Å²) in [4.78, 5) is 14.5. The molecule has 1 aliphatic carbocycles. The van der Waals surface area contributed by atoms with Crippen molar-refractivity contribution in [3.63, 3.8) is 0 Å². The highest BCUT2D eigenvalue weighted by atomic mass is 35.5. The molecule has 0 unspecified atom stereocenters. The van der Waals surface area contributed by atoms with Crippen molar-refractivity contribution in [2.75, 3.05) is 0 Å². The van der Waals surface area contributed by atoms with Crippen molar-refractivity contribution in [2.45, 2.75) is 24.7 Å². The van der Waals surface area contributed by atoms with Crippen LogP contribution < -0.4 is 0 Å². The third kappa shape index (κ3) is 1.39. The zero-order valence-corrected chi connectivity index (χ0v) is 9.92. The Bertz CT molecular complexity index is 598. The van der Waals surface area contributed by atoms with Gasteiger partial charge in [-0.25, -0.2) is 0 Å². The maximum absolute atomic E-state index is 11.4. The van der Waals surface area contributed by atoms with Crippen LogP contribution in [0.5, 0.6) is 0 Å². The monoisotopic (exact) mass is 249 g/mol. The van der Waals surface area contributed by atoms with E-state index >= 15 is 0 Å². The molecule has 0 saturated heterocycles. The minimum Gasteiger partial charge on any atom is -0.481 e. The lowest BCUT2D eigenvalue weighted by Crippen LogP contribution is -2.42. The molecule has 0 radical (unpaired) electrons. The molecule has 1 fully saturated rings. The van der Waals surface area contributed by atoms with Crippen LogP contribution in [0.4, 0.5) is 0 Å². The van der Waals surface area contributed by atoms with Gasteiger partial charge in [-0.1, -0.05) is 30.2 Å². The molecular formula is C13H12ClNO2. The van der Waals surface area contributed by atoms with Crippen LogP contribution in [0.15, 0.2) is 24.4 Å². The Morgan fingerprint density at radius 3 is 2.76 bits per heavy atom. The number of aliphatic carboxylic acids is 1. The van der Waals surface area contributed by atoms with Gasteiger partial charge >= 0.3 is 5.97 Å². The molecule has 17 heavy (non-hydrogen) atoms. The number of aromatic amines is 1. The Morgan fingerprint density at radius 2 is 2.18 bits per heavy atom. The molecule has 0 spiro atoms. The number of halogens is 1. The van der Waals surface area contributed by atoms with E-state index in [1.807, 2.05) is 18.2 Å². The Labute approximate surface area is 103 Å². The molecule has 1 saturated carbocycles. The number of aromatic nitrogens is 1. The predicted octanol–water partition coefficient (Wildman–Crippen LogP) is 3.33. The Hall–Kier alpha value is -1.48. The number of benzene rings is 1. The van der Waals surface area contributed by atoms with Crippen LogP contribution in [-0.4, -0.2) is 16.1 Å². The molecule has 1 aromatic heterocycles. The molecule has 4 heteroatoms. The highest BCUT2D eigenvalue weighted by Crippen LogP contribution is 2.44. The number of nitrogens with one attached hydrogen (secondary N) is 1. The number of hydrogen-bond acceptors (Lipinski definition) is 1. The van der Waals surface area contributed by atoms with Crippen LogP contribution in [0.3, 0.4) is 0 Å². The van der Waals surface area contributed by atoms with Crippen molar-refractivity contribution in [3.8, 4) is 0 Å². The summed E-state index contributed by atoms with van der Waals surface area (Å²) in [6.07, 6.45) is 4.16. The maximum Gasteiger partial charge on any atom is 0.314 e. The highest BCUT2D eigenvalue weighted by molar-refractivity contribution is 6.35. The Morgan fingerprint density at radius 1 is 1.41 bits per heavy atom. The van der Waals surface area contributed by atoms with Crippen LogP contribution in [0, 0.1) is 0 Å². The first-order chi connectivity index (χ1) is 8.13. The van der Waals surface area contributed by atoms with Gasteiger partial charge in [0.05, 0.1) is 10.4 Å². The van der Waals surface area contributed by atoms with Gasteiger partial charge in [0, 0.05) is 17.1 Å². The van der Waals surface area contributed by atoms with E-state index < -0.39 is 11.4 Å². The SMILES string of the molecule is O=C(O)C1(c2ccc3c(Cl)c[nH]c3c2)CCC1. The highest BCUT2D eigenvalue weighted by Gasteiger charge is 2.45. The molecule has 88 valence electrons. The fourth-order valence-electron chi connectivity index (χ4n) is 2.54. The van der Waals surface area contributed by atoms with E-state index in [1.165, 1.54) is 0 Å². The van der Waals surface area contributed by atoms with Crippen molar-refractivity contribution in [3.05, 3.63) is 35.0 Å². The first-order valence-corrected chi connectivity index (χ1v) is 6.02. The zero-order chi connectivity index (χ0) is 12.0. The van der Waals surface area contributed by atoms with E-state index in [1.54, 1.807) is 6.20 Å². The summed E-state index contributed by atoms with van der Waals surface area (Å²) in [5.41, 5.74) is 1.11. The lowest BCUT2D eigenvalue weighted by molar-refractivity contribution is -0.147. The van der Waals surface area contributed by atoms with Crippen molar-refractivity contribution in [1.82, 2.24) is 4.98 Å². The van der Waals surface area contributed by atoms with Crippen LogP contribution in [-0.2, 0) is 10.2 Å². The quantitative estimate of drug-likeness (QED) is 0.858. The summed E-state index contributed by atoms with van der Waals surface area (Å²) >= 11 is 6.00. The van der Waals surface area contributed by atoms with E-state index in [9.17, 15) is 9.90 Å². The zero-order valence-electron chi connectivity index (χ0n) is 9.16. The normalized spacial score (nSPS) is 17.9. The molecule has 0 atom stereocenters. The molecule has 3 rings (SSSR count). The van der Waals surface area contributed by atoms with E-state index in [2.05, 4.69) is 4.98 Å². The Kier molecular flexibility index (Phi) is 2.20. The first kappa shape index (κ1) is 10.7. The van der Waals surface area contributed by atoms with E-state index in [0.29, 0.717) is 5.02 Å². The summed E-state index contributed by atoms with van der Waals surface area (Å²) in [7, 11) is 0. The number of carboxylic acids is 1. The third-order valence-electron chi connectivity index (χ3n) is 3.80. The minimum atomic E-state index is -0.722. The number of carboxylic acid groups (broad SMARTS) is 1. The van der Waals surface area contributed by atoms with Gasteiger partial charge in [0.15, 0.2) is 0 Å². The molecule has 1 aliphatic rings. The fourth-order valence-corrected chi connectivity index (χ4v) is 2.76. The van der Waals surface area contributed by atoms with Crippen molar-refractivity contribution in [2.24, 2.45) is 0 Å². The van der Waals surface area contributed by atoms with Crippen molar-refractivity contribution in [1.29, 1.82) is 0 Å². The summed E-state index contributed by atoms with van der Waals surface area (Å²) in [6.45, 7) is 0. The number of fused-ring (bicyclic) bond motifs is 1. The lowest BCUT2D eigenvalue weighted by atomic mass is 9.64. The van der Waals surface area contributed by atoms with Gasteiger partial charge in [0.2, 0.25) is 0 Å². The molecule has 1 aromatic carbocycles. The summed E-state index contributed by atoms with van der Waals surface area (Å²) in [6, 6.07) is 5.69. The molecular weight excluding hydrogens is 238 g/mol. The summed E-state index contributed by atoms with van der Waals surface area (Å²) < 4.78 is 0. The van der Waals surface area contributed by atoms with Gasteiger partial charge in [-0.2, -0.15) is 0 Å². The second-order valence-electron chi connectivity index (χ2n) is 4.64. The molecule has 0 aliphatic heterocycles. The number of carbonyl (C=O) groups is 1. The molecule has 0 bridgehead atoms. The topological polar surface area (TPSA) is 53.1 Å². The third-order valence-corrected chi connectivity index (χ3v) is 4.11. The van der Waals surface area contributed by atoms with Gasteiger partial charge in [0.1, 0.15) is 0 Å². The van der Waals surface area contributed by atoms with Crippen LogP contribution >= 0.6 is 11.6 Å². The Balaban J connectivity index is 2.14. The lowest BCUT2D eigenvalue weighted by Gasteiger charge is -2.38. The van der Waals surface area contributed by atoms with Crippen LogP contribution in [0.1, 0.15) is 24.8 Å². The van der Waals surface area contributed by atoms with Gasteiger partial charge in [0.25, 0.3) is 0 Å². The number of hydrogen-bond donors (Lipinski definition) is 2. The number of H-pyrrole nitrogens is 1. The predicted molar refractivity (Wildman–Crippen MR) is 66.5 cm³/mol. The van der Waals surface area contributed by atoms with Crippen molar-refractivity contribution < 1.29 is 9.90 Å². The minimum absolute atomic E-state index is 0.671. The summed E-state index contributed by atoms with van der Waals surface area (Å²) in [5, 5.41) is 11.0. The molecule has 0 amide bonds. The largest absolute Gasteiger partial charge is 0.481 e. The van der Waals surface area contributed by atoms with E-state index in [-0.39, 0.29) is 0 Å². The second kappa shape index (κ2) is 3.50. The second-order valence-corrected chi connectivity index (χ2v) is 5.04. The van der Waals surface area contributed by atoms with Crippen molar-refractivity contribution >= 4 is 28.5 Å². The van der Waals surface area contributed by atoms with Gasteiger partial charge < -0.3 is 10.1 Å². The summed E-state index contributed by atoms with van der Waals surface area (Å²) in [5.74, 6) is -0.722. The van der Waals surface area contributed by atoms with Gasteiger partial charge in [-0.05, 0) is 24.5 Å². The fraction of sp³-hybridized carbons (Fsp3) is 0.308. The van der Waals surface area contributed by atoms with Gasteiger partial charge in [-0.15, -0.1) is 0 Å². The smallest absolute Gasteiger partial charge is 0.314 e. The van der Waals surface area contributed by atoms with Crippen LogP contribution in [0.2, 0.25) is 5.02 Å². The molecule has 1 heterocycles. The maximum atomic E-state index is 11.4. The van der Waals surface area contributed by atoms with E-state index in [0.717, 1.165) is 35.7 Å². The first-order valence-electron chi connectivity index (χ1n) is 5.64. The molecule has 2 aromatic rings. The molecule has 3 nitrogen and oxygen atoms in total. The number of rotatable bonds is 2. The standard InChI is InChI=1S/C13H12ClNO2/c14-10-7-15-11-6-8(2-3-9(10)11)13(12(16)17)4-1-5-13/h2-3,6-7,15H,1,4-5H2,(H,16,17).